The van der Waals surface area contributed by atoms with Crippen molar-refractivity contribution in [2.75, 3.05) is 23.4 Å². The molecule has 1 heterocycles. The van der Waals surface area contributed by atoms with Crippen molar-refractivity contribution in [1.29, 1.82) is 0 Å². The number of ether oxygens (including phenoxy) is 2. The van der Waals surface area contributed by atoms with Crippen LogP contribution in [0.5, 0.6) is 11.5 Å². The van der Waals surface area contributed by atoms with Gasteiger partial charge in [-0.2, -0.15) is 0 Å². The van der Waals surface area contributed by atoms with E-state index in [1.807, 2.05) is 30.3 Å². The third-order valence-corrected chi connectivity index (χ3v) is 9.64. The average molecular weight is 610 g/mol. The van der Waals surface area contributed by atoms with E-state index in [9.17, 15) is 22.4 Å². The topological polar surface area (TPSA) is 105 Å². The van der Waals surface area contributed by atoms with Crippen molar-refractivity contribution in [3.63, 3.8) is 0 Å². The van der Waals surface area contributed by atoms with Gasteiger partial charge >= 0.3 is 0 Å². The van der Waals surface area contributed by atoms with Crippen molar-refractivity contribution in [2.45, 2.75) is 57.7 Å². The van der Waals surface area contributed by atoms with Gasteiger partial charge < -0.3 is 19.7 Å². The fraction of sp³-hybridized carbons (Fsp3) is 0.375. The molecular formula is C32H36FN3O6S. The van der Waals surface area contributed by atoms with Crippen LogP contribution in [-0.2, 0) is 32.6 Å². The lowest BCUT2D eigenvalue weighted by atomic mass is 10.0. The number of benzene rings is 3. The molecule has 3 aromatic rings. The Labute approximate surface area is 251 Å². The normalized spacial score (nSPS) is 15.2. The van der Waals surface area contributed by atoms with E-state index in [-0.39, 0.29) is 48.7 Å². The lowest BCUT2D eigenvalue weighted by Gasteiger charge is -2.34. The number of carbonyl (C=O) groups excluding carboxylic acids is 2. The minimum atomic E-state index is -3.95. The van der Waals surface area contributed by atoms with Crippen molar-refractivity contribution >= 4 is 27.5 Å². The van der Waals surface area contributed by atoms with Crippen LogP contribution >= 0.6 is 0 Å². The van der Waals surface area contributed by atoms with Crippen molar-refractivity contribution in [3.05, 3.63) is 89.7 Å². The van der Waals surface area contributed by atoms with Gasteiger partial charge in [0.15, 0.2) is 11.5 Å². The Morgan fingerprint density at radius 1 is 0.977 bits per heavy atom. The number of fused-ring (bicyclic) bond motifs is 1. The molecule has 11 heteroatoms. The molecule has 0 radical (unpaired) electrons. The fourth-order valence-electron chi connectivity index (χ4n) is 5.49. The lowest BCUT2D eigenvalue weighted by molar-refractivity contribution is -0.140. The van der Waals surface area contributed by atoms with Crippen molar-refractivity contribution in [1.82, 2.24) is 10.2 Å². The summed E-state index contributed by atoms with van der Waals surface area (Å²) < 4.78 is 53.5. The molecule has 1 aliphatic carbocycles. The first kappa shape index (κ1) is 30.3. The lowest BCUT2D eigenvalue weighted by Crippen LogP contribution is -2.54. The third kappa shape index (κ3) is 7.27. The van der Waals surface area contributed by atoms with Crippen molar-refractivity contribution in [2.24, 2.45) is 0 Å². The maximum Gasteiger partial charge on any atom is 0.244 e. The summed E-state index contributed by atoms with van der Waals surface area (Å²) in [6.45, 7) is 0.685. The summed E-state index contributed by atoms with van der Waals surface area (Å²) in [7, 11) is -3.95. The largest absolute Gasteiger partial charge is 0.454 e. The van der Waals surface area contributed by atoms with Crippen LogP contribution in [0, 0.1) is 5.82 Å². The van der Waals surface area contributed by atoms with Gasteiger partial charge in [0.25, 0.3) is 0 Å². The summed E-state index contributed by atoms with van der Waals surface area (Å²) in [6.07, 6.45) is 3.87. The predicted molar refractivity (Wildman–Crippen MR) is 161 cm³/mol. The minimum Gasteiger partial charge on any atom is -0.454 e. The Morgan fingerprint density at radius 3 is 2.40 bits per heavy atom. The second-order valence-corrected chi connectivity index (χ2v) is 12.9. The van der Waals surface area contributed by atoms with E-state index in [0.717, 1.165) is 35.6 Å². The van der Waals surface area contributed by atoms with Gasteiger partial charge in [-0.05, 0) is 43.5 Å². The van der Waals surface area contributed by atoms with E-state index in [1.54, 1.807) is 30.3 Å². The molecule has 43 heavy (non-hydrogen) atoms. The number of halogens is 1. The van der Waals surface area contributed by atoms with Crippen LogP contribution < -0.4 is 19.1 Å². The fourth-order valence-corrected chi connectivity index (χ4v) is 6.55. The summed E-state index contributed by atoms with van der Waals surface area (Å²) in [5.41, 5.74) is 1.25. The number of amides is 2. The Morgan fingerprint density at radius 2 is 1.67 bits per heavy atom. The van der Waals surface area contributed by atoms with Gasteiger partial charge in [0.05, 0.1) is 11.4 Å². The van der Waals surface area contributed by atoms with E-state index in [0.29, 0.717) is 11.5 Å². The quantitative estimate of drug-likeness (QED) is 0.326. The van der Waals surface area contributed by atoms with Gasteiger partial charge in [-0.15, -0.1) is 0 Å². The molecule has 5 rings (SSSR count). The highest BCUT2D eigenvalue weighted by atomic mass is 32.2. The highest BCUT2D eigenvalue weighted by Crippen LogP contribution is 2.36. The predicted octanol–water partition coefficient (Wildman–Crippen LogP) is 4.41. The van der Waals surface area contributed by atoms with Crippen LogP contribution in [-0.4, -0.2) is 56.3 Å². The highest BCUT2D eigenvalue weighted by Gasteiger charge is 2.35. The van der Waals surface area contributed by atoms with E-state index in [4.69, 9.17) is 9.47 Å². The number of anilines is 1. The average Bonchev–Trinajstić information content (AvgIpc) is 3.70. The molecule has 0 spiro atoms. The molecule has 0 unspecified atom stereocenters. The molecule has 1 N–H and O–H groups in total. The zero-order chi connectivity index (χ0) is 30.4. The van der Waals surface area contributed by atoms with Crippen LogP contribution in [0.3, 0.4) is 0 Å². The van der Waals surface area contributed by atoms with Crippen LogP contribution in [0.4, 0.5) is 10.1 Å². The Balaban J connectivity index is 1.52. The second-order valence-electron chi connectivity index (χ2n) is 10.8. The number of hydrogen-bond acceptors (Lipinski definition) is 6. The highest BCUT2D eigenvalue weighted by molar-refractivity contribution is 7.92. The second kappa shape index (κ2) is 13.5. The summed E-state index contributed by atoms with van der Waals surface area (Å²) >= 11 is 0. The minimum absolute atomic E-state index is 0.00589. The molecule has 2 amide bonds. The van der Waals surface area contributed by atoms with Crippen LogP contribution in [0.1, 0.15) is 43.7 Å². The number of nitrogens with one attached hydrogen (secondary N) is 1. The number of nitrogens with zero attached hydrogens (tertiary/aromatic N) is 2. The summed E-state index contributed by atoms with van der Waals surface area (Å²) in [5.74, 6) is -0.950. The maximum atomic E-state index is 15.0. The molecule has 228 valence electrons. The summed E-state index contributed by atoms with van der Waals surface area (Å²) in [4.78, 5) is 29.5. The number of rotatable bonds is 12. The van der Waals surface area contributed by atoms with E-state index >= 15 is 0 Å². The zero-order valence-corrected chi connectivity index (χ0v) is 24.9. The molecule has 0 aromatic heterocycles. The molecule has 0 bridgehead atoms. The van der Waals surface area contributed by atoms with Gasteiger partial charge in [0.2, 0.25) is 28.6 Å². The third-order valence-electron chi connectivity index (χ3n) is 7.89. The van der Waals surface area contributed by atoms with E-state index in [1.165, 1.54) is 24.0 Å². The zero-order valence-electron chi connectivity index (χ0n) is 24.1. The van der Waals surface area contributed by atoms with Crippen LogP contribution in [0.15, 0.2) is 72.8 Å². The molecule has 0 saturated heterocycles. The van der Waals surface area contributed by atoms with Crippen LogP contribution in [0.25, 0.3) is 0 Å². The first-order chi connectivity index (χ1) is 20.7. The van der Waals surface area contributed by atoms with Gasteiger partial charge in [0.1, 0.15) is 18.4 Å². The standard InChI is InChI=1S/C32H36FN3O6S/c1-2-43(39,40)36(26-16-17-29-30(19-26)42-22-41-29)21-31(37)35(20-24-12-6-9-15-27(24)33)28(18-23-10-4-3-5-11-23)32(38)34-25-13-7-8-14-25/h3-6,9-12,15-17,19,25,28H,2,7-8,13-14,18,20-22H2,1H3,(H,34,38)/t28-/m0/s1. The van der Waals surface area contributed by atoms with Gasteiger partial charge in [-0.25, -0.2) is 12.8 Å². The van der Waals surface area contributed by atoms with Crippen molar-refractivity contribution in [3.8, 4) is 11.5 Å². The molecule has 9 nitrogen and oxygen atoms in total. The smallest absolute Gasteiger partial charge is 0.244 e. The summed E-state index contributed by atoms with van der Waals surface area (Å²) in [5, 5.41) is 3.10. The molecule has 1 fully saturated rings. The van der Waals surface area contributed by atoms with Crippen LogP contribution in [0.2, 0.25) is 0 Å². The Hall–Kier alpha value is -4.12. The molecule has 3 aromatic carbocycles. The Bertz CT molecular complexity index is 1550. The number of carbonyl (C=O) groups is 2. The molecular weight excluding hydrogens is 573 g/mol. The maximum absolute atomic E-state index is 15.0. The van der Waals surface area contributed by atoms with Gasteiger partial charge in [0, 0.05) is 30.6 Å². The molecule has 1 saturated carbocycles. The number of sulfonamides is 1. The summed E-state index contributed by atoms with van der Waals surface area (Å²) in [6, 6.07) is 19.0. The molecule has 1 atom stereocenters. The SMILES string of the molecule is CCS(=O)(=O)N(CC(=O)N(Cc1ccccc1F)[C@@H](Cc1ccccc1)C(=O)NC1CCCC1)c1ccc2c(c1)OCO2. The van der Waals surface area contributed by atoms with Gasteiger partial charge in [-0.1, -0.05) is 61.4 Å². The van der Waals surface area contributed by atoms with E-state index in [2.05, 4.69) is 5.32 Å². The first-order valence-electron chi connectivity index (χ1n) is 14.5. The molecule has 1 aliphatic heterocycles. The molecule has 2 aliphatic rings. The van der Waals surface area contributed by atoms with Gasteiger partial charge in [-0.3, -0.25) is 13.9 Å². The monoisotopic (exact) mass is 609 g/mol. The first-order valence-corrected chi connectivity index (χ1v) is 16.1. The Kier molecular flexibility index (Phi) is 9.49. The number of hydrogen-bond donors (Lipinski definition) is 1. The van der Waals surface area contributed by atoms with Crippen molar-refractivity contribution < 1.29 is 31.9 Å². The van der Waals surface area contributed by atoms with E-state index < -0.39 is 34.3 Å².